The van der Waals surface area contributed by atoms with Gasteiger partial charge in [0.1, 0.15) is 18.4 Å². The van der Waals surface area contributed by atoms with Gasteiger partial charge in [0.25, 0.3) is 0 Å². The van der Waals surface area contributed by atoms with Crippen LogP contribution in [0.15, 0.2) is 30.4 Å². The molecule has 0 bridgehead atoms. The highest BCUT2D eigenvalue weighted by Gasteiger charge is 2.43. The van der Waals surface area contributed by atoms with E-state index in [-0.39, 0.29) is 11.7 Å². The molecule has 33 heavy (non-hydrogen) atoms. The minimum atomic E-state index is -0.867. The van der Waals surface area contributed by atoms with Gasteiger partial charge in [-0.3, -0.25) is 4.79 Å². The monoisotopic (exact) mass is 452 g/mol. The smallest absolute Gasteiger partial charge is 0.339 e. The van der Waals surface area contributed by atoms with E-state index >= 15 is 0 Å². The summed E-state index contributed by atoms with van der Waals surface area (Å²) in [6, 6.07) is 3.68. The van der Waals surface area contributed by atoms with E-state index in [0.717, 1.165) is 11.3 Å². The van der Waals surface area contributed by atoms with E-state index < -0.39 is 30.1 Å². The number of ketones is 1. The lowest BCUT2D eigenvalue weighted by Crippen LogP contribution is -2.30. The van der Waals surface area contributed by atoms with E-state index in [2.05, 4.69) is 0 Å². The van der Waals surface area contributed by atoms with Gasteiger partial charge >= 0.3 is 13.4 Å². The topological polar surface area (TPSA) is 82.1 Å². The van der Waals surface area contributed by atoms with Gasteiger partial charge in [0, 0.05) is 11.6 Å². The summed E-state index contributed by atoms with van der Waals surface area (Å²) in [5, 5.41) is 0. The van der Waals surface area contributed by atoms with Crippen LogP contribution in [0.4, 0.5) is 5.69 Å². The summed E-state index contributed by atoms with van der Waals surface area (Å²) in [5.41, 5.74) is 2.62. The first kappa shape index (κ1) is 24.9. The molecule has 0 unspecified atom stereocenters. The quantitative estimate of drug-likeness (QED) is 0.395. The number of esters is 1. The Balaban J connectivity index is 2.06. The maximum absolute atomic E-state index is 13.1. The zero-order valence-corrected chi connectivity index (χ0v) is 20.0. The van der Waals surface area contributed by atoms with Gasteiger partial charge in [-0.25, -0.2) is 4.79 Å². The molecule has 0 saturated carbocycles. The number of hydrogen-bond acceptors (Lipinski definition) is 7. The lowest BCUT2D eigenvalue weighted by molar-refractivity contribution is -0.152. The molecule has 7 nitrogen and oxygen atoms in total. The average Bonchev–Trinajstić information content (AvgIpc) is 3.05. The highest BCUT2D eigenvalue weighted by atomic mass is 16.8. The van der Waals surface area contributed by atoms with Gasteiger partial charge in [-0.1, -0.05) is 25.2 Å². The number of rotatable bonds is 3. The summed E-state index contributed by atoms with van der Waals surface area (Å²) in [6.07, 6.45) is 6.46. The molecule has 1 fully saturated rings. The first-order valence-corrected chi connectivity index (χ1v) is 11.1. The number of benzene rings is 1. The Morgan fingerprint density at radius 1 is 1.15 bits per heavy atom. The molecule has 0 spiro atoms. The fourth-order valence-electron chi connectivity index (χ4n) is 4.00. The highest BCUT2D eigenvalue weighted by molar-refractivity contribution is 6.70. The van der Waals surface area contributed by atoms with Crippen LogP contribution in [0.2, 0.25) is 0 Å². The summed E-state index contributed by atoms with van der Waals surface area (Å²) < 4.78 is 17.6. The first-order chi connectivity index (χ1) is 15.5. The number of cyclic esters (lactones) is 1. The van der Waals surface area contributed by atoms with Crippen molar-refractivity contribution in [3.63, 3.8) is 0 Å². The number of carbonyl (C=O) groups is 3. The molecule has 2 aliphatic heterocycles. The normalized spacial score (nSPS) is 29.2. The van der Waals surface area contributed by atoms with Gasteiger partial charge in [0.2, 0.25) is 0 Å². The summed E-state index contributed by atoms with van der Waals surface area (Å²) in [6.45, 7) is 9.11. The largest absolute Gasteiger partial charge is 0.458 e. The molecule has 2 aliphatic rings. The molecule has 3 rings (SSSR count). The molecule has 1 aromatic carbocycles. The lowest BCUT2D eigenvalue weighted by Gasteiger charge is -2.22. The predicted octanol–water partition coefficient (Wildman–Crippen LogP) is 3.48. The summed E-state index contributed by atoms with van der Waals surface area (Å²) in [4.78, 5) is 38.6. The number of fused-ring (bicyclic) bond motifs is 2. The van der Waals surface area contributed by atoms with Crippen LogP contribution in [-0.2, 0) is 23.8 Å². The van der Waals surface area contributed by atoms with Gasteiger partial charge in [-0.2, -0.15) is 0 Å². The van der Waals surface area contributed by atoms with Gasteiger partial charge in [-0.05, 0) is 70.5 Å². The van der Waals surface area contributed by atoms with Crippen LogP contribution in [0.5, 0.6) is 0 Å². The Morgan fingerprint density at radius 2 is 1.88 bits per heavy atom. The predicted molar refractivity (Wildman–Crippen MR) is 128 cm³/mol. The van der Waals surface area contributed by atoms with Crippen molar-refractivity contribution in [3.8, 4) is 0 Å². The van der Waals surface area contributed by atoms with E-state index in [1.54, 1.807) is 38.7 Å². The average molecular weight is 452 g/mol. The summed E-state index contributed by atoms with van der Waals surface area (Å²) in [7, 11) is 3.17. The second-order valence-electron chi connectivity index (χ2n) is 9.09. The van der Waals surface area contributed by atoms with Crippen molar-refractivity contribution in [1.82, 2.24) is 0 Å². The number of ether oxygens (including phenoxy) is 3. The standard InChI is InChI=1S/C25H31BNO6/c1-15-10-11-20(29)23-21(32-25(4,5)33-23)9-7-8-18-13-19(27(6)26-14-28)12-16(2)22(18)24(30)31-17(15)3/h7-8,10-15,17,21,23H,9H2,1-6H3/b8-7+,11-10-/t15-,17+,21+,23-/m1/s1. The van der Waals surface area contributed by atoms with Crippen molar-refractivity contribution in [1.29, 1.82) is 0 Å². The van der Waals surface area contributed by atoms with Crippen molar-refractivity contribution in [3.05, 3.63) is 47.1 Å². The Morgan fingerprint density at radius 3 is 2.58 bits per heavy atom. The second kappa shape index (κ2) is 10.1. The molecule has 1 radical (unpaired) electrons. The minimum Gasteiger partial charge on any atom is -0.458 e. The zero-order chi connectivity index (χ0) is 24.3. The third kappa shape index (κ3) is 5.81. The third-order valence-corrected chi connectivity index (χ3v) is 5.97. The Kier molecular flexibility index (Phi) is 7.60. The lowest BCUT2D eigenvalue weighted by atomic mass is 9.92. The molecule has 1 aromatic rings. The zero-order valence-electron chi connectivity index (χ0n) is 20.0. The van der Waals surface area contributed by atoms with E-state index in [9.17, 15) is 14.4 Å². The van der Waals surface area contributed by atoms with E-state index in [1.807, 2.05) is 38.1 Å². The maximum atomic E-state index is 13.1. The van der Waals surface area contributed by atoms with E-state index in [0.29, 0.717) is 23.7 Å². The van der Waals surface area contributed by atoms with Crippen molar-refractivity contribution < 1.29 is 28.6 Å². The van der Waals surface area contributed by atoms with Crippen molar-refractivity contribution >= 4 is 37.1 Å². The highest BCUT2D eigenvalue weighted by Crippen LogP contribution is 2.32. The van der Waals surface area contributed by atoms with Gasteiger partial charge in [0.15, 0.2) is 11.6 Å². The number of nitrogens with zero attached hydrogens (tertiary/aromatic N) is 1. The fourth-order valence-corrected chi connectivity index (χ4v) is 4.00. The molecule has 175 valence electrons. The molecule has 2 heterocycles. The molecule has 0 N–H and O–H groups in total. The second-order valence-corrected chi connectivity index (χ2v) is 9.09. The van der Waals surface area contributed by atoms with Crippen LogP contribution >= 0.6 is 0 Å². The van der Waals surface area contributed by atoms with Crippen LogP contribution in [0.3, 0.4) is 0 Å². The van der Waals surface area contributed by atoms with Gasteiger partial charge in [-0.15, -0.1) is 0 Å². The minimum absolute atomic E-state index is 0.175. The molecule has 0 aromatic heterocycles. The number of carbonyl (C=O) groups excluding carboxylic acids is 3. The SMILES string of the molecule is Cc1cc(N(C)[B]C=O)cc2c1C(=O)O[C@@H](C)[C@H](C)/C=C\C(=O)[C@H]1OC(C)(C)O[C@H]1C/C=C/2. The summed E-state index contributed by atoms with van der Waals surface area (Å²) in [5.74, 6) is -1.66. The molecule has 1 saturated heterocycles. The molecule has 8 heteroatoms. The van der Waals surface area contributed by atoms with E-state index in [4.69, 9.17) is 14.2 Å². The van der Waals surface area contributed by atoms with Crippen LogP contribution in [0.25, 0.3) is 6.08 Å². The molecule has 0 aliphatic carbocycles. The molecule has 0 amide bonds. The molecule has 4 atom stereocenters. The Hall–Kier alpha value is -2.71. The Labute approximate surface area is 196 Å². The third-order valence-electron chi connectivity index (χ3n) is 5.97. The van der Waals surface area contributed by atoms with Gasteiger partial charge < -0.3 is 23.8 Å². The van der Waals surface area contributed by atoms with Crippen LogP contribution in [-0.4, -0.2) is 56.5 Å². The van der Waals surface area contributed by atoms with Crippen molar-refractivity contribution in [2.24, 2.45) is 5.92 Å². The van der Waals surface area contributed by atoms with Crippen LogP contribution in [0, 0.1) is 12.8 Å². The summed E-state index contributed by atoms with van der Waals surface area (Å²) >= 11 is 0. The van der Waals surface area contributed by atoms with Crippen LogP contribution < -0.4 is 4.81 Å². The van der Waals surface area contributed by atoms with Crippen molar-refractivity contribution in [2.75, 3.05) is 11.9 Å². The fraction of sp³-hybridized carbons (Fsp3) is 0.480. The van der Waals surface area contributed by atoms with Gasteiger partial charge in [0.05, 0.1) is 11.7 Å². The maximum Gasteiger partial charge on any atom is 0.339 e. The first-order valence-electron chi connectivity index (χ1n) is 11.1. The van der Waals surface area contributed by atoms with Crippen molar-refractivity contribution in [2.45, 2.75) is 65.1 Å². The number of hydrogen-bond donors (Lipinski definition) is 0. The number of aryl methyl sites for hydroxylation is 1. The van der Waals surface area contributed by atoms with Crippen LogP contribution in [0.1, 0.15) is 55.6 Å². The Bertz CT molecular complexity index is 985. The van der Waals surface area contributed by atoms with E-state index in [1.165, 1.54) is 13.5 Å². The molecular weight excluding hydrogens is 421 g/mol. The molecular formula is C25H31BNO6. The number of anilines is 1.